The Labute approximate surface area is 122 Å². The van der Waals surface area contributed by atoms with Crippen molar-refractivity contribution in [1.82, 2.24) is 15.3 Å². The summed E-state index contributed by atoms with van der Waals surface area (Å²) in [6.07, 6.45) is 2.08. The molecule has 0 saturated carbocycles. The standard InChI is InChI=1S/C13H21N3O3S/c1-4-19-12(18)10(15-9(2)3)6-8-20-13-14-7-5-11(17)16-13/h5,7,9-10,15H,4,6,8H2,1-3H3,(H,14,16,17). The van der Waals surface area contributed by atoms with Crippen LogP contribution in [-0.2, 0) is 9.53 Å². The Balaban J connectivity index is 2.49. The van der Waals surface area contributed by atoms with Crippen molar-refractivity contribution in [2.24, 2.45) is 0 Å². The van der Waals surface area contributed by atoms with Crippen molar-refractivity contribution in [3.05, 3.63) is 22.6 Å². The van der Waals surface area contributed by atoms with Gasteiger partial charge in [-0.15, -0.1) is 0 Å². The fraction of sp³-hybridized carbons (Fsp3) is 0.615. The molecule has 1 unspecified atom stereocenters. The highest BCUT2D eigenvalue weighted by molar-refractivity contribution is 7.99. The van der Waals surface area contributed by atoms with E-state index in [0.717, 1.165) is 0 Å². The number of carbonyl (C=O) groups is 1. The van der Waals surface area contributed by atoms with Gasteiger partial charge in [-0.05, 0) is 13.3 Å². The average molecular weight is 299 g/mol. The molecule has 1 heterocycles. The Morgan fingerprint density at radius 3 is 2.90 bits per heavy atom. The van der Waals surface area contributed by atoms with E-state index >= 15 is 0 Å². The van der Waals surface area contributed by atoms with Gasteiger partial charge in [0.25, 0.3) is 5.56 Å². The van der Waals surface area contributed by atoms with Gasteiger partial charge in [0, 0.05) is 24.1 Å². The van der Waals surface area contributed by atoms with Crippen LogP contribution in [0.4, 0.5) is 0 Å². The molecule has 0 spiro atoms. The summed E-state index contributed by atoms with van der Waals surface area (Å²) in [5.74, 6) is 0.423. The lowest BCUT2D eigenvalue weighted by Crippen LogP contribution is -2.42. The third-order valence-electron chi connectivity index (χ3n) is 2.40. The minimum absolute atomic E-state index is 0.176. The van der Waals surface area contributed by atoms with Crippen LogP contribution in [-0.4, -0.2) is 40.4 Å². The summed E-state index contributed by atoms with van der Waals surface area (Å²) in [5.41, 5.74) is -0.176. The second-order valence-corrected chi connectivity index (χ2v) is 5.59. The zero-order chi connectivity index (χ0) is 15.0. The van der Waals surface area contributed by atoms with Crippen LogP contribution in [0.3, 0.4) is 0 Å². The third kappa shape index (κ3) is 6.21. The number of aromatic amines is 1. The Kier molecular flexibility index (Phi) is 7.32. The van der Waals surface area contributed by atoms with Gasteiger partial charge in [0.1, 0.15) is 6.04 Å². The molecule has 0 amide bonds. The second kappa shape index (κ2) is 8.76. The largest absolute Gasteiger partial charge is 0.465 e. The first-order valence-corrected chi connectivity index (χ1v) is 7.62. The summed E-state index contributed by atoms with van der Waals surface area (Å²) in [5, 5.41) is 3.74. The summed E-state index contributed by atoms with van der Waals surface area (Å²) < 4.78 is 5.04. The van der Waals surface area contributed by atoms with E-state index in [1.165, 1.54) is 24.0 Å². The third-order valence-corrected chi connectivity index (χ3v) is 3.32. The predicted molar refractivity (Wildman–Crippen MR) is 78.9 cm³/mol. The molecule has 1 aromatic heterocycles. The molecule has 0 fully saturated rings. The minimum atomic E-state index is -0.335. The minimum Gasteiger partial charge on any atom is -0.465 e. The molecule has 0 aliphatic heterocycles. The number of hydrogen-bond donors (Lipinski definition) is 2. The van der Waals surface area contributed by atoms with Crippen molar-refractivity contribution in [1.29, 1.82) is 0 Å². The second-order valence-electron chi connectivity index (χ2n) is 4.50. The normalized spacial score (nSPS) is 12.4. The Bertz CT molecular complexity index is 476. The lowest BCUT2D eigenvalue weighted by molar-refractivity contribution is -0.145. The molecule has 112 valence electrons. The smallest absolute Gasteiger partial charge is 0.323 e. The van der Waals surface area contributed by atoms with Crippen LogP contribution >= 0.6 is 11.8 Å². The molecular formula is C13H21N3O3S. The maximum Gasteiger partial charge on any atom is 0.323 e. The van der Waals surface area contributed by atoms with E-state index in [0.29, 0.717) is 23.9 Å². The highest BCUT2D eigenvalue weighted by Crippen LogP contribution is 2.13. The molecule has 7 heteroatoms. The molecule has 0 aliphatic rings. The summed E-state index contributed by atoms with van der Waals surface area (Å²) in [4.78, 5) is 29.6. The number of carbonyl (C=O) groups excluding carboxylic acids is 1. The first-order valence-electron chi connectivity index (χ1n) is 6.63. The molecule has 1 atom stereocenters. The molecule has 20 heavy (non-hydrogen) atoms. The summed E-state index contributed by atoms with van der Waals surface area (Å²) in [6, 6.07) is 1.23. The topological polar surface area (TPSA) is 84.1 Å². The van der Waals surface area contributed by atoms with E-state index in [2.05, 4.69) is 15.3 Å². The van der Waals surface area contributed by atoms with Crippen molar-refractivity contribution in [2.45, 2.75) is 44.4 Å². The highest BCUT2D eigenvalue weighted by Gasteiger charge is 2.20. The van der Waals surface area contributed by atoms with E-state index in [4.69, 9.17) is 4.74 Å². The first kappa shape index (κ1) is 16.7. The quantitative estimate of drug-likeness (QED) is 0.426. The van der Waals surface area contributed by atoms with Crippen LogP contribution in [0, 0.1) is 0 Å². The van der Waals surface area contributed by atoms with Gasteiger partial charge in [0.05, 0.1) is 6.61 Å². The van der Waals surface area contributed by atoms with E-state index in [1.807, 2.05) is 13.8 Å². The molecular weight excluding hydrogens is 278 g/mol. The molecule has 0 bridgehead atoms. The number of H-pyrrole nitrogens is 1. The fourth-order valence-corrected chi connectivity index (χ4v) is 2.47. The monoisotopic (exact) mass is 299 g/mol. The van der Waals surface area contributed by atoms with Gasteiger partial charge < -0.3 is 15.0 Å². The van der Waals surface area contributed by atoms with Gasteiger partial charge in [-0.3, -0.25) is 9.59 Å². The van der Waals surface area contributed by atoms with Crippen LogP contribution in [0.1, 0.15) is 27.2 Å². The number of ether oxygens (including phenoxy) is 1. The number of rotatable bonds is 8. The number of nitrogens with zero attached hydrogens (tertiary/aromatic N) is 1. The van der Waals surface area contributed by atoms with Crippen LogP contribution in [0.25, 0.3) is 0 Å². The van der Waals surface area contributed by atoms with Gasteiger partial charge in [-0.2, -0.15) is 0 Å². The van der Waals surface area contributed by atoms with Crippen LogP contribution < -0.4 is 10.9 Å². The first-order chi connectivity index (χ1) is 9.52. The van der Waals surface area contributed by atoms with E-state index in [-0.39, 0.29) is 23.6 Å². The van der Waals surface area contributed by atoms with Crippen LogP contribution in [0.5, 0.6) is 0 Å². The maximum absolute atomic E-state index is 11.8. The average Bonchev–Trinajstić information content (AvgIpc) is 2.37. The van der Waals surface area contributed by atoms with E-state index in [9.17, 15) is 9.59 Å². The molecule has 1 aromatic rings. The number of nitrogens with one attached hydrogen (secondary N) is 2. The Hall–Kier alpha value is -1.34. The lowest BCUT2D eigenvalue weighted by atomic mass is 10.2. The fourth-order valence-electron chi connectivity index (χ4n) is 1.61. The van der Waals surface area contributed by atoms with Gasteiger partial charge in [-0.1, -0.05) is 25.6 Å². The summed E-state index contributed by atoms with van der Waals surface area (Å²) >= 11 is 1.41. The molecule has 0 aliphatic carbocycles. The lowest BCUT2D eigenvalue weighted by Gasteiger charge is -2.19. The molecule has 0 aromatic carbocycles. The van der Waals surface area contributed by atoms with Crippen molar-refractivity contribution in [2.75, 3.05) is 12.4 Å². The predicted octanol–water partition coefficient (Wildman–Crippen LogP) is 1.18. The molecule has 0 saturated heterocycles. The SMILES string of the molecule is CCOC(=O)C(CCSc1nccc(=O)[nH]1)NC(C)C. The van der Waals surface area contributed by atoms with Gasteiger partial charge in [-0.25, -0.2) is 4.98 Å². The zero-order valence-electron chi connectivity index (χ0n) is 12.0. The van der Waals surface area contributed by atoms with Crippen molar-refractivity contribution >= 4 is 17.7 Å². The Morgan fingerprint density at radius 1 is 1.55 bits per heavy atom. The number of hydrogen-bond acceptors (Lipinski definition) is 6. The van der Waals surface area contributed by atoms with E-state index < -0.39 is 0 Å². The van der Waals surface area contributed by atoms with E-state index in [1.54, 1.807) is 6.92 Å². The van der Waals surface area contributed by atoms with Gasteiger partial charge in [0.2, 0.25) is 0 Å². The molecule has 6 nitrogen and oxygen atoms in total. The molecule has 2 N–H and O–H groups in total. The summed E-state index contributed by atoms with van der Waals surface area (Å²) in [6.45, 7) is 6.12. The van der Waals surface area contributed by atoms with Gasteiger partial charge in [0.15, 0.2) is 5.16 Å². The van der Waals surface area contributed by atoms with Crippen LogP contribution in [0.2, 0.25) is 0 Å². The number of thioether (sulfide) groups is 1. The van der Waals surface area contributed by atoms with Crippen molar-refractivity contribution in [3.63, 3.8) is 0 Å². The highest BCUT2D eigenvalue weighted by atomic mass is 32.2. The number of aromatic nitrogens is 2. The molecule has 0 radical (unpaired) electrons. The maximum atomic E-state index is 11.8. The van der Waals surface area contributed by atoms with Gasteiger partial charge >= 0.3 is 5.97 Å². The van der Waals surface area contributed by atoms with Crippen molar-refractivity contribution < 1.29 is 9.53 Å². The zero-order valence-corrected chi connectivity index (χ0v) is 12.8. The summed E-state index contributed by atoms with van der Waals surface area (Å²) in [7, 11) is 0. The van der Waals surface area contributed by atoms with Crippen LogP contribution in [0.15, 0.2) is 22.2 Å². The number of esters is 1. The Morgan fingerprint density at radius 2 is 2.30 bits per heavy atom. The van der Waals surface area contributed by atoms with Crippen molar-refractivity contribution in [3.8, 4) is 0 Å². The molecule has 1 rings (SSSR count).